The monoisotopic (exact) mass is 286 g/mol. The molecule has 21 heavy (non-hydrogen) atoms. The van der Waals surface area contributed by atoms with Crippen molar-refractivity contribution in [3.05, 3.63) is 54.4 Å². The topological polar surface area (TPSA) is 71.5 Å². The van der Waals surface area contributed by atoms with E-state index < -0.39 is 0 Å². The third-order valence-corrected chi connectivity index (χ3v) is 2.87. The number of aliphatic hydroxyl groups is 1. The van der Waals surface area contributed by atoms with E-state index in [-0.39, 0.29) is 24.1 Å². The molecule has 0 aliphatic rings. The number of rotatable bonds is 6. The minimum Gasteiger partial charge on any atom is -0.457 e. The summed E-state index contributed by atoms with van der Waals surface area (Å²) in [6, 6.07) is 12.6. The summed E-state index contributed by atoms with van der Waals surface area (Å²) in [5.41, 5.74) is 0.286. The quantitative estimate of drug-likeness (QED) is 0.854. The number of hydrogen-bond donors (Lipinski definition) is 2. The van der Waals surface area contributed by atoms with Crippen molar-refractivity contribution in [2.45, 2.75) is 6.92 Å². The van der Waals surface area contributed by atoms with E-state index in [0.29, 0.717) is 18.0 Å². The molecule has 0 aliphatic heterocycles. The van der Waals surface area contributed by atoms with Crippen molar-refractivity contribution in [3.8, 4) is 11.5 Å². The molecule has 0 saturated heterocycles. The molecule has 1 amide bonds. The van der Waals surface area contributed by atoms with E-state index in [2.05, 4.69) is 10.3 Å². The van der Waals surface area contributed by atoms with Crippen LogP contribution in [0.4, 0.5) is 0 Å². The van der Waals surface area contributed by atoms with E-state index in [1.54, 1.807) is 12.1 Å². The highest BCUT2D eigenvalue weighted by molar-refractivity contribution is 5.92. The number of para-hydroxylation sites is 1. The number of hydrogen-bond acceptors (Lipinski definition) is 4. The fourth-order valence-electron chi connectivity index (χ4n) is 1.65. The van der Waals surface area contributed by atoms with Crippen molar-refractivity contribution in [1.29, 1.82) is 0 Å². The van der Waals surface area contributed by atoms with Gasteiger partial charge < -0.3 is 15.2 Å². The maximum absolute atomic E-state index is 12.0. The molecule has 1 aromatic heterocycles. The molecular weight excluding hydrogens is 268 g/mol. The predicted molar refractivity (Wildman–Crippen MR) is 79.3 cm³/mol. The van der Waals surface area contributed by atoms with Gasteiger partial charge in [-0.2, -0.15) is 0 Å². The normalized spacial score (nSPS) is 11.7. The van der Waals surface area contributed by atoms with Gasteiger partial charge in [-0.15, -0.1) is 0 Å². The Kier molecular flexibility index (Phi) is 5.29. The van der Waals surface area contributed by atoms with Gasteiger partial charge in [0, 0.05) is 25.4 Å². The van der Waals surface area contributed by atoms with Gasteiger partial charge in [0.25, 0.3) is 5.91 Å². The standard InChI is InChI=1S/C16H18N2O3/c1-12(11-19)10-18-16(20)15-9-14(7-8-17-15)21-13-5-3-2-4-6-13/h2-9,12,19H,10-11H2,1H3,(H,18,20). The molecule has 2 N–H and O–H groups in total. The van der Waals surface area contributed by atoms with E-state index in [1.165, 1.54) is 6.20 Å². The van der Waals surface area contributed by atoms with Gasteiger partial charge in [-0.1, -0.05) is 25.1 Å². The summed E-state index contributed by atoms with van der Waals surface area (Å²) >= 11 is 0. The second kappa shape index (κ2) is 7.40. The van der Waals surface area contributed by atoms with Crippen molar-refractivity contribution >= 4 is 5.91 Å². The third kappa shape index (κ3) is 4.57. The van der Waals surface area contributed by atoms with Crippen LogP contribution in [0.15, 0.2) is 48.7 Å². The Morgan fingerprint density at radius 2 is 2.05 bits per heavy atom. The SMILES string of the molecule is CC(CO)CNC(=O)c1cc(Oc2ccccc2)ccn1. The predicted octanol–water partition coefficient (Wildman–Crippen LogP) is 2.23. The zero-order valence-corrected chi connectivity index (χ0v) is 11.8. The van der Waals surface area contributed by atoms with Gasteiger partial charge in [0.2, 0.25) is 0 Å². The summed E-state index contributed by atoms with van der Waals surface area (Å²) in [6.07, 6.45) is 1.53. The molecule has 0 bridgehead atoms. The fourth-order valence-corrected chi connectivity index (χ4v) is 1.65. The van der Waals surface area contributed by atoms with Crippen molar-refractivity contribution < 1.29 is 14.6 Å². The first kappa shape index (κ1) is 15.0. The van der Waals surface area contributed by atoms with Crippen molar-refractivity contribution in [1.82, 2.24) is 10.3 Å². The van der Waals surface area contributed by atoms with Crippen molar-refractivity contribution in [3.63, 3.8) is 0 Å². The molecule has 1 atom stereocenters. The second-order valence-electron chi connectivity index (χ2n) is 4.79. The first-order valence-corrected chi connectivity index (χ1v) is 6.77. The maximum atomic E-state index is 12.0. The number of carbonyl (C=O) groups is 1. The Morgan fingerprint density at radius 3 is 2.76 bits per heavy atom. The number of carbonyl (C=O) groups excluding carboxylic acids is 1. The zero-order chi connectivity index (χ0) is 15.1. The number of nitrogens with zero attached hydrogens (tertiary/aromatic N) is 1. The van der Waals surface area contributed by atoms with Crippen LogP contribution in [0.2, 0.25) is 0 Å². The van der Waals surface area contributed by atoms with Gasteiger partial charge in [0.1, 0.15) is 17.2 Å². The maximum Gasteiger partial charge on any atom is 0.270 e. The molecule has 0 spiro atoms. The van der Waals surface area contributed by atoms with Gasteiger partial charge in [-0.3, -0.25) is 9.78 Å². The van der Waals surface area contributed by atoms with Gasteiger partial charge in [-0.05, 0) is 24.1 Å². The Labute approximate surface area is 123 Å². The number of ether oxygens (including phenoxy) is 1. The zero-order valence-electron chi connectivity index (χ0n) is 11.8. The largest absolute Gasteiger partial charge is 0.457 e. The highest BCUT2D eigenvalue weighted by atomic mass is 16.5. The lowest BCUT2D eigenvalue weighted by Gasteiger charge is -2.10. The second-order valence-corrected chi connectivity index (χ2v) is 4.79. The minimum absolute atomic E-state index is 0.0118. The Hall–Kier alpha value is -2.40. The van der Waals surface area contributed by atoms with Crippen LogP contribution in [0.1, 0.15) is 17.4 Å². The molecule has 0 fully saturated rings. The van der Waals surface area contributed by atoms with E-state index in [9.17, 15) is 4.79 Å². The number of benzene rings is 1. The number of aliphatic hydroxyl groups excluding tert-OH is 1. The molecule has 0 aliphatic carbocycles. The highest BCUT2D eigenvalue weighted by Crippen LogP contribution is 2.20. The van der Waals surface area contributed by atoms with Crippen molar-refractivity contribution in [2.75, 3.05) is 13.2 Å². The lowest BCUT2D eigenvalue weighted by Crippen LogP contribution is -2.30. The Morgan fingerprint density at radius 1 is 1.29 bits per heavy atom. The summed E-state index contributed by atoms with van der Waals surface area (Å²) in [6.45, 7) is 2.29. The fraction of sp³-hybridized carbons (Fsp3) is 0.250. The lowest BCUT2D eigenvalue weighted by molar-refractivity contribution is 0.0937. The molecular formula is C16H18N2O3. The van der Waals surface area contributed by atoms with Crippen LogP contribution in [0.3, 0.4) is 0 Å². The molecule has 1 aromatic carbocycles. The first-order chi connectivity index (χ1) is 10.2. The van der Waals surface area contributed by atoms with E-state index in [4.69, 9.17) is 9.84 Å². The van der Waals surface area contributed by atoms with Crippen LogP contribution in [-0.2, 0) is 0 Å². The summed E-state index contributed by atoms with van der Waals surface area (Å²) in [5.74, 6) is 0.979. The average molecular weight is 286 g/mol. The van der Waals surface area contributed by atoms with Crippen LogP contribution in [0, 0.1) is 5.92 Å². The Bertz CT molecular complexity index is 587. The summed E-state index contributed by atoms with van der Waals surface area (Å²) < 4.78 is 5.66. The van der Waals surface area contributed by atoms with Gasteiger partial charge in [-0.25, -0.2) is 0 Å². The summed E-state index contributed by atoms with van der Waals surface area (Å²) in [7, 11) is 0. The molecule has 0 saturated carbocycles. The number of nitrogens with one attached hydrogen (secondary N) is 1. The molecule has 1 heterocycles. The Balaban J connectivity index is 2.02. The molecule has 110 valence electrons. The van der Waals surface area contributed by atoms with Gasteiger partial charge >= 0.3 is 0 Å². The third-order valence-electron chi connectivity index (χ3n) is 2.87. The van der Waals surface area contributed by atoms with Crippen LogP contribution in [0.5, 0.6) is 11.5 Å². The minimum atomic E-state index is -0.284. The average Bonchev–Trinajstić information content (AvgIpc) is 2.53. The molecule has 2 rings (SSSR count). The van der Waals surface area contributed by atoms with Crippen molar-refractivity contribution in [2.24, 2.45) is 5.92 Å². The van der Waals surface area contributed by atoms with Crippen LogP contribution in [0.25, 0.3) is 0 Å². The highest BCUT2D eigenvalue weighted by Gasteiger charge is 2.10. The lowest BCUT2D eigenvalue weighted by atomic mass is 10.2. The van der Waals surface area contributed by atoms with Crippen LogP contribution in [-0.4, -0.2) is 29.1 Å². The van der Waals surface area contributed by atoms with E-state index in [1.807, 2.05) is 37.3 Å². The number of amides is 1. The smallest absolute Gasteiger partial charge is 0.270 e. The van der Waals surface area contributed by atoms with E-state index in [0.717, 1.165) is 0 Å². The first-order valence-electron chi connectivity index (χ1n) is 6.77. The molecule has 1 unspecified atom stereocenters. The van der Waals surface area contributed by atoms with Crippen LogP contribution >= 0.6 is 0 Å². The molecule has 5 heteroatoms. The summed E-state index contributed by atoms with van der Waals surface area (Å²) in [4.78, 5) is 16.0. The molecule has 5 nitrogen and oxygen atoms in total. The van der Waals surface area contributed by atoms with E-state index >= 15 is 0 Å². The molecule has 2 aromatic rings. The van der Waals surface area contributed by atoms with Gasteiger partial charge in [0.05, 0.1) is 0 Å². The van der Waals surface area contributed by atoms with Gasteiger partial charge in [0.15, 0.2) is 0 Å². The number of pyridine rings is 1. The summed E-state index contributed by atoms with van der Waals surface area (Å²) in [5, 5.41) is 11.7. The number of aromatic nitrogens is 1. The van der Waals surface area contributed by atoms with Crippen LogP contribution < -0.4 is 10.1 Å². The molecule has 0 radical (unpaired) electrons.